The zero-order valence-corrected chi connectivity index (χ0v) is 8.17. The Labute approximate surface area is 81.0 Å². The van der Waals surface area contributed by atoms with Gasteiger partial charge in [0.25, 0.3) is 0 Å². The van der Waals surface area contributed by atoms with Gasteiger partial charge in [-0.05, 0) is 12.2 Å². The van der Waals surface area contributed by atoms with E-state index in [2.05, 4.69) is 26.2 Å². The summed E-state index contributed by atoms with van der Waals surface area (Å²) in [6.45, 7) is 0. The lowest BCUT2D eigenvalue weighted by atomic mass is 10.5. The number of nitrogens with one attached hydrogen (secondary N) is 2. The van der Waals surface area contributed by atoms with Gasteiger partial charge in [0, 0.05) is 14.1 Å². The molecule has 0 amide bonds. The van der Waals surface area contributed by atoms with Crippen molar-refractivity contribution in [2.24, 2.45) is 12.1 Å². The molecule has 2 N–H and O–H groups in total. The van der Waals surface area contributed by atoms with E-state index < -0.39 is 0 Å². The number of hydrogen-bond acceptors (Lipinski definition) is 4. The highest BCUT2D eigenvalue weighted by atomic mass is 32.1. The summed E-state index contributed by atoms with van der Waals surface area (Å²) in [4.78, 5) is 0. The van der Waals surface area contributed by atoms with Gasteiger partial charge in [0.05, 0.1) is 12.4 Å². The van der Waals surface area contributed by atoms with Crippen LogP contribution >= 0.6 is 12.2 Å². The standard InChI is InChI=1S/C6H10N6S/c1-7-6(13)10-8-3-5-4-9-11-12(5)2/h3-4H,1-2H3,(H2,7,10,13)/b8-3+. The lowest BCUT2D eigenvalue weighted by molar-refractivity contribution is 0.710. The van der Waals surface area contributed by atoms with Crippen molar-refractivity contribution >= 4 is 23.5 Å². The second-order valence-electron chi connectivity index (χ2n) is 2.23. The van der Waals surface area contributed by atoms with E-state index in [0.717, 1.165) is 5.69 Å². The first kappa shape index (κ1) is 9.59. The number of hydrogen-bond donors (Lipinski definition) is 2. The second kappa shape index (κ2) is 4.51. The molecule has 0 unspecified atom stereocenters. The summed E-state index contributed by atoms with van der Waals surface area (Å²) in [7, 11) is 3.50. The van der Waals surface area contributed by atoms with E-state index in [4.69, 9.17) is 12.2 Å². The minimum atomic E-state index is 0.464. The minimum absolute atomic E-state index is 0.464. The van der Waals surface area contributed by atoms with E-state index in [-0.39, 0.29) is 0 Å². The fourth-order valence-corrected chi connectivity index (χ4v) is 0.680. The first-order chi connectivity index (χ1) is 6.24. The molecule has 0 radical (unpaired) electrons. The van der Waals surface area contributed by atoms with Crippen molar-refractivity contribution in [3.05, 3.63) is 11.9 Å². The summed E-state index contributed by atoms with van der Waals surface area (Å²) in [5.74, 6) is 0. The Bertz CT molecular complexity index is 317. The first-order valence-corrected chi connectivity index (χ1v) is 4.00. The van der Waals surface area contributed by atoms with Gasteiger partial charge >= 0.3 is 0 Å². The number of hydrazone groups is 1. The van der Waals surface area contributed by atoms with Crippen LogP contribution in [-0.4, -0.2) is 33.4 Å². The monoisotopic (exact) mass is 198 g/mol. The molecule has 0 aromatic carbocycles. The predicted octanol–water partition coefficient (Wildman–Crippen LogP) is -0.757. The van der Waals surface area contributed by atoms with Crippen LogP contribution < -0.4 is 10.7 Å². The number of aryl methyl sites for hydroxylation is 1. The van der Waals surface area contributed by atoms with Crippen molar-refractivity contribution in [1.82, 2.24) is 25.7 Å². The molecule has 0 saturated heterocycles. The van der Waals surface area contributed by atoms with Gasteiger partial charge in [-0.2, -0.15) is 5.10 Å². The Hall–Kier alpha value is -1.50. The highest BCUT2D eigenvalue weighted by molar-refractivity contribution is 7.80. The molecule has 0 fully saturated rings. The lowest BCUT2D eigenvalue weighted by Gasteiger charge is -1.98. The highest BCUT2D eigenvalue weighted by Gasteiger charge is 1.93. The maximum absolute atomic E-state index is 4.81. The summed E-state index contributed by atoms with van der Waals surface area (Å²) in [5.41, 5.74) is 3.42. The third-order valence-electron chi connectivity index (χ3n) is 1.34. The molecular formula is C6H10N6S. The van der Waals surface area contributed by atoms with Gasteiger partial charge < -0.3 is 5.32 Å². The fourth-order valence-electron chi connectivity index (χ4n) is 0.627. The average Bonchev–Trinajstić information content (AvgIpc) is 2.52. The van der Waals surface area contributed by atoms with Crippen LogP contribution in [0.15, 0.2) is 11.3 Å². The van der Waals surface area contributed by atoms with Gasteiger partial charge in [0.2, 0.25) is 0 Å². The minimum Gasteiger partial charge on any atom is -0.364 e. The molecule has 13 heavy (non-hydrogen) atoms. The molecule has 70 valence electrons. The topological polar surface area (TPSA) is 67.1 Å². The molecule has 0 bridgehead atoms. The van der Waals surface area contributed by atoms with Crippen molar-refractivity contribution in [1.29, 1.82) is 0 Å². The fraction of sp³-hybridized carbons (Fsp3) is 0.333. The maximum atomic E-state index is 4.81. The molecule has 1 heterocycles. The average molecular weight is 198 g/mol. The van der Waals surface area contributed by atoms with Crippen molar-refractivity contribution < 1.29 is 0 Å². The molecule has 7 heteroatoms. The van der Waals surface area contributed by atoms with Crippen LogP contribution in [0, 0.1) is 0 Å². The van der Waals surface area contributed by atoms with Crippen LogP contribution in [0.1, 0.15) is 5.69 Å². The van der Waals surface area contributed by atoms with Crippen LogP contribution in [0.3, 0.4) is 0 Å². The molecular weight excluding hydrogens is 188 g/mol. The molecule has 1 aromatic heterocycles. The predicted molar refractivity (Wildman–Crippen MR) is 53.4 cm³/mol. The number of rotatable bonds is 2. The van der Waals surface area contributed by atoms with Crippen molar-refractivity contribution in [3.63, 3.8) is 0 Å². The first-order valence-electron chi connectivity index (χ1n) is 3.59. The Balaban J connectivity index is 2.50. The zero-order valence-electron chi connectivity index (χ0n) is 7.35. The Morgan fingerprint density at radius 3 is 3.08 bits per heavy atom. The van der Waals surface area contributed by atoms with Crippen LogP contribution in [0.25, 0.3) is 0 Å². The number of nitrogens with zero attached hydrogens (tertiary/aromatic N) is 4. The smallest absolute Gasteiger partial charge is 0.186 e. The summed E-state index contributed by atoms with van der Waals surface area (Å²) >= 11 is 4.81. The third-order valence-corrected chi connectivity index (χ3v) is 1.63. The van der Waals surface area contributed by atoms with Crippen LogP contribution in [0.2, 0.25) is 0 Å². The number of aromatic nitrogens is 3. The van der Waals surface area contributed by atoms with E-state index >= 15 is 0 Å². The van der Waals surface area contributed by atoms with Gasteiger partial charge in [-0.3, -0.25) is 5.43 Å². The van der Waals surface area contributed by atoms with Crippen LogP contribution in [-0.2, 0) is 7.05 Å². The molecule has 1 rings (SSSR count). The van der Waals surface area contributed by atoms with E-state index in [1.54, 1.807) is 31.2 Å². The van der Waals surface area contributed by atoms with Gasteiger partial charge in [-0.1, -0.05) is 5.21 Å². The van der Waals surface area contributed by atoms with Gasteiger partial charge in [0.15, 0.2) is 5.11 Å². The van der Waals surface area contributed by atoms with Crippen molar-refractivity contribution in [3.8, 4) is 0 Å². The highest BCUT2D eigenvalue weighted by Crippen LogP contribution is 1.86. The van der Waals surface area contributed by atoms with Crippen LogP contribution in [0.5, 0.6) is 0 Å². The van der Waals surface area contributed by atoms with E-state index in [1.807, 2.05) is 0 Å². The summed E-state index contributed by atoms with van der Waals surface area (Å²) in [6, 6.07) is 0. The van der Waals surface area contributed by atoms with Crippen molar-refractivity contribution in [2.75, 3.05) is 7.05 Å². The van der Waals surface area contributed by atoms with Gasteiger partial charge in [-0.25, -0.2) is 4.68 Å². The van der Waals surface area contributed by atoms with E-state index in [0.29, 0.717) is 5.11 Å². The number of thiocarbonyl (C=S) groups is 1. The van der Waals surface area contributed by atoms with E-state index in [1.165, 1.54) is 0 Å². The van der Waals surface area contributed by atoms with Crippen molar-refractivity contribution in [2.45, 2.75) is 0 Å². The molecule has 0 spiro atoms. The summed E-state index contributed by atoms with van der Waals surface area (Å²) in [6.07, 6.45) is 3.19. The lowest BCUT2D eigenvalue weighted by Crippen LogP contribution is -2.28. The quantitative estimate of drug-likeness (QED) is 0.371. The Morgan fingerprint density at radius 2 is 2.54 bits per heavy atom. The molecule has 1 aromatic rings. The third kappa shape index (κ3) is 2.79. The summed E-state index contributed by atoms with van der Waals surface area (Å²) in [5, 5.41) is 14.5. The van der Waals surface area contributed by atoms with Gasteiger partial charge in [0.1, 0.15) is 5.69 Å². The summed E-state index contributed by atoms with van der Waals surface area (Å²) < 4.78 is 1.60. The molecule has 0 aliphatic carbocycles. The molecule has 0 atom stereocenters. The Morgan fingerprint density at radius 1 is 1.77 bits per heavy atom. The zero-order chi connectivity index (χ0) is 9.68. The van der Waals surface area contributed by atoms with Gasteiger partial charge in [-0.15, -0.1) is 5.10 Å². The molecule has 0 aliphatic rings. The maximum Gasteiger partial charge on any atom is 0.186 e. The largest absolute Gasteiger partial charge is 0.364 e. The molecule has 0 aliphatic heterocycles. The van der Waals surface area contributed by atoms with Crippen LogP contribution in [0.4, 0.5) is 0 Å². The Kier molecular flexibility index (Phi) is 3.32. The molecule has 0 saturated carbocycles. The second-order valence-corrected chi connectivity index (χ2v) is 2.64. The SMILES string of the molecule is CNC(=S)N/N=C/c1cnnn1C. The van der Waals surface area contributed by atoms with E-state index in [9.17, 15) is 0 Å². The normalized spacial score (nSPS) is 10.3. The molecule has 6 nitrogen and oxygen atoms in total.